The fourth-order valence-corrected chi connectivity index (χ4v) is 2.55. The van der Waals surface area contributed by atoms with E-state index >= 15 is 0 Å². The highest BCUT2D eigenvalue weighted by molar-refractivity contribution is 4.93. The van der Waals surface area contributed by atoms with Crippen molar-refractivity contribution in [3.63, 3.8) is 0 Å². The van der Waals surface area contributed by atoms with E-state index in [1.54, 1.807) is 16.7 Å². The summed E-state index contributed by atoms with van der Waals surface area (Å²) in [6, 6.07) is 5.26. The van der Waals surface area contributed by atoms with Gasteiger partial charge in [0, 0.05) is 30.9 Å². The Kier molecular flexibility index (Phi) is 4.74. The van der Waals surface area contributed by atoms with Gasteiger partial charge in [0.25, 0.3) is 5.56 Å². The summed E-state index contributed by atoms with van der Waals surface area (Å²) in [5.41, 5.74) is 0.462. The third kappa shape index (κ3) is 5.50. The number of aromatic nitrogens is 1. The lowest BCUT2D eigenvalue weighted by Gasteiger charge is -2.33. The molecule has 0 spiro atoms. The summed E-state index contributed by atoms with van der Waals surface area (Å²) in [5, 5.41) is 3.53. The summed E-state index contributed by atoms with van der Waals surface area (Å²) in [6.45, 7) is 12.7. The third-order valence-corrected chi connectivity index (χ3v) is 2.83. The Bertz CT molecular complexity index is 427. The minimum atomic E-state index is 0.0629. The van der Waals surface area contributed by atoms with Crippen molar-refractivity contribution in [1.82, 2.24) is 9.88 Å². The quantitative estimate of drug-likeness (QED) is 0.871. The maximum absolute atomic E-state index is 11.5. The fraction of sp³-hybridized carbons (Fsp3) is 0.667. The van der Waals surface area contributed by atoms with Crippen molar-refractivity contribution in [3.05, 3.63) is 34.7 Å². The molecule has 0 aliphatic carbocycles. The third-order valence-electron chi connectivity index (χ3n) is 2.83. The van der Waals surface area contributed by atoms with Crippen molar-refractivity contribution < 1.29 is 0 Å². The number of pyridine rings is 1. The van der Waals surface area contributed by atoms with Crippen LogP contribution in [0.1, 0.15) is 41.0 Å². The van der Waals surface area contributed by atoms with Gasteiger partial charge in [0.05, 0.1) is 0 Å². The number of hydrogen-bond donors (Lipinski definition) is 1. The molecule has 0 saturated carbocycles. The van der Waals surface area contributed by atoms with Crippen LogP contribution in [0.2, 0.25) is 0 Å². The van der Waals surface area contributed by atoms with E-state index < -0.39 is 0 Å². The normalized spacial score (nSPS) is 12.7. The molecule has 1 N–H and O–H groups in total. The van der Waals surface area contributed by atoms with E-state index in [4.69, 9.17) is 0 Å². The van der Waals surface area contributed by atoms with Gasteiger partial charge in [-0.05, 0) is 31.7 Å². The van der Waals surface area contributed by atoms with Crippen LogP contribution in [0.25, 0.3) is 0 Å². The molecule has 1 aromatic rings. The Labute approximate surface area is 110 Å². The summed E-state index contributed by atoms with van der Waals surface area (Å²) in [5.74, 6) is 0. The molecule has 0 radical (unpaired) electrons. The zero-order valence-corrected chi connectivity index (χ0v) is 12.3. The van der Waals surface area contributed by atoms with Crippen LogP contribution in [0.15, 0.2) is 29.2 Å². The Balaban J connectivity index is 2.47. The first-order valence-electron chi connectivity index (χ1n) is 6.60. The first-order valence-corrected chi connectivity index (χ1v) is 6.60. The van der Waals surface area contributed by atoms with E-state index in [0.29, 0.717) is 12.0 Å². The van der Waals surface area contributed by atoms with Crippen LogP contribution in [0.4, 0.5) is 0 Å². The molecule has 0 unspecified atom stereocenters. The average molecular weight is 250 g/mol. The van der Waals surface area contributed by atoms with Crippen LogP contribution < -0.4 is 10.9 Å². The number of hydrogen-bond acceptors (Lipinski definition) is 2. The second-order valence-corrected chi connectivity index (χ2v) is 6.78. The molecule has 102 valence electrons. The molecule has 3 nitrogen and oxygen atoms in total. The van der Waals surface area contributed by atoms with Gasteiger partial charge in [0.15, 0.2) is 0 Å². The van der Waals surface area contributed by atoms with Gasteiger partial charge in [-0.2, -0.15) is 0 Å². The molecule has 3 heteroatoms. The molecular formula is C15H26N2O. The minimum Gasteiger partial charge on any atom is -0.314 e. The van der Waals surface area contributed by atoms with Gasteiger partial charge >= 0.3 is 0 Å². The Morgan fingerprint density at radius 3 is 2.39 bits per heavy atom. The molecule has 0 aliphatic rings. The SMILES string of the molecule is CC(C)(C)CC(C)(C)NCCn1ccccc1=O. The van der Waals surface area contributed by atoms with Crippen molar-refractivity contribution in [1.29, 1.82) is 0 Å². The molecule has 18 heavy (non-hydrogen) atoms. The zero-order valence-electron chi connectivity index (χ0n) is 12.3. The minimum absolute atomic E-state index is 0.0629. The van der Waals surface area contributed by atoms with Crippen molar-refractivity contribution in [2.45, 2.75) is 53.1 Å². The van der Waals surface area contributed by atoms with Gasteiger partial charge in [-0.15, -0.1) is 0 Å². The van der Waals surface area contributed by atoms with Gasteiger partial charge in [-0.3, -0.25) is 4.79 Å². The van der Waals surface area contributed by atoms with Crippen LogP contribution in [0, 0.1) is 5.41 Å². The van der Waals surface area contributed by atoms with E-state index in [1.807, 2.05) is 12.3 Å². The summed E-state index contributed by atoms with van der Waals surface area (Å²) < 4.78 is 1.74. The van der Waals surface area contributed by atoms with Gasteiger partial charge < -0.3 is 9.88 Å². The molecule has 0 fully saturated rings. The van der Waals surface area contributed by atoms with Crippen molar-refractivity contribution in [2.24, 2.45) is 5.41 Å². The largest absolute Gasteiger partial charge is 0.314 e. The van der Waals surface area contributed by atoms with Gasteiger partial charge in [0.1, 0.15) is 0 Å². The molecule has 1 heterocycles. The maximum atomic E-state index is 11.5. The standard InChI is InChI=1S/C15H26N2O/c1-14(2,3)12-15(4,5)16-9-11-17-10-7-6-8-13(17)18/h6-8,10,16H,9,11-12H2,1-5H3. The summed E-state index contributed by atoms with van der Waals surface area (Å²) in [7, 11) is 0. The van der Waals surface area contributed by atoms with Crippen LogP contribution in [0.5, 0.6) is 0 Å². The van der Waals surface area contributed by atoms with Crippen molar-refractivity contribution in [2.75, 3.05) is 6.54 Å². The Morgan fingerprint density at radius 2 is 1.83 bits per heavy atom. The number of nitrogens with zero attached hydrogens (tertiary/aromatic N) is 1. The number of rotatable bonds is 5. The van der Waals surface area contributed by atoms with E-state index in [-0.39, 0.29) is 11.1 Å². The highest BCUT2D eigenvalue weighted by Gasteiger charge is 2.24. The Hall–Kier alpha value is -1.09. The zero-order chi connectivity index (χ0) is 13.8. The summed E-state index contributed by atoms with van der Waals surface area (Å²) in [6.07, 6.45) is 2.93. The monoisotopic (exact) mass is 250 g/mol. The van der Waals surface area contributed by atoms with Crippen LogP contribution in [0.3, 0.4) is 0 Å². The maximum Gasteiger partial charge on any atom is 0.250 e. The van der Waals surface area contributed by atoms with Crippen molar-refractivity contribution in [3.8, 4) is 0 Å². The second kappa shape index (κ2) is 5.70. The highest BCUT2D eigenvalue weighted by Crippen LogP contribution is 2.26. The molecule has 0 atom stereocenters. The predicted molar refractivity (Wildman–Crippen MR) is 76.9 cm³/mol. The number of nitrogens with one attached hydrogen (secondary N) is 1. The first kappa shape index (κ1) is 15.0. The first-order chi connectivity index (χ1) is 8.20. The van der Waals surface area contributed by atoms with E-state index in [2.05, 4.69) is 39.9 Å². The molecule has 0 amide bonds. The van der Waals surface area contributed by atoms with Crippen LogP contribution in [-0.2, 0) is 6.54 Å². The second-order valence-electron chi connectivity index (χ2n) is 6.78. The van der Waals surface area contributed by atoms with E-state index in [1.165, 1.54) is 0 Å². The lowest BCUT2D eigenvalue weighted by atomic mass is 9.82. The smallest absolute Gasteiger partial charge is 0.250 e. The fourth-order valence-electron chi connectivity index (χ4n) is 2.55. The highest BCUT2D eigenvalue weighted by atomic mass is 16.1. The van der Waals surface area contributed by atoms with E-state index in [0.717, 1.165) is 13.0 Å². The van der Waals surface area contributed by atoms with Gasteiger partial charge in [0.2, 0.25) is 0 Å². The Morgan fingerprint density at radius 1 is 1.17 bits per heavy atom. The molecule has 1 rings (SSSR count). The van der Waals surface area contributed by atoms with Crippen molar-refractivity contribution >= 4 is 0 Å². The summed E-state index contributed by atoms with van der Waals surface area (Å²) >= 11 is 0. The summed E-state index contributed by atoms with van der Waals surface area (Å²) in [4.78, 5) is 11.5. The van der Waals surface area contributed by atoms with Crippen LogP contribution in [-0.4, -0.2) is 16.7 Å². The predicted octanol–water partition coefficient (Wildman–Crippen LogP) is 2.65. The molecule has 0 saturated heterocycles. The van der Waals surface area contributed by atoms with Gasteiger partial charge in [-0.1, -0.05) is 26.8 Å². The molecule has 0 bridgehead atoms. The average Bonchev–Trinajstić information content (AvgIpc) is 2.17. The lowest BCUT2D eigenvalue weighted by molar-refractivity contribution is 0.240. The molecule has 0 aromatic carbocycles. The molecule has 0 aliphatic heterocycles. The topological polar surface area (TPSA) is 34.0 Å². The molecule has 1 aromatic heterocycles. The van der Waals surface area contributed by atoms with Crippen LogP contribution >= 0.6 is 0 Å². The van der Waals surface area contributed by atoms with E-state index in [9.17, 15) is 4.79 Å². The lowest BCUT2D eigenvalue weighted by Crippen LogP contribution is -2.44. The van der Waals surface area contributed by atoms with Gasteiger partial charge in [-0.25, -0.2) is 0 Å². The molecular weight excluding hydrogens is 224 g/mol.